The Labute approximate surface area is 235 Å². The molecule has 9 nitrogen and oxygen atoms in total. The first-order valence-corrected chi connectivity index (χ1v) is 14.3. The molecule has 3 aliphatic rings. The topological polar surface area (TPSA) is 88.2 Å². The van der Waals surface area contributed by atoms with Crippen LogP contribution in [0.25, 0.3) is 0 Å². The van der Waals surface area contributed by atoms with Crippen LogP contribution in [0, 0.1) is 5.92 Å². The third-order valence-electron chi connectivity index (χ3n) is 7.89. The van der Waals surface area contributed by atoms with E-state index in [9.17, 15) is 14.4 Å². The molecule has 1 aromatic rings. The third-order valence-corrected chi connectivity index (χ3v) is 8.63. The molecule has 3 amide bonds. The van der Waals surface area contributed by atoms with E-state index in [0.717, 1.165) is 51.0 Å². The molecular weight excluding hydrogens is 527 g/mol. The lowest BCUT2D eigenvalue weighted by atomic mass is 9.79. The molecule has 11 heteroatoms. The summed E-state index contributed by atoms with van der Waals surface area (Å²) in [5, 5.41) is 7.40. The van der Waals surface area contributed by atoms with Gasteiger partial charge in [-0.25, -0.2) is 0 Å². The first kappa shape index (κ1) is 29.1. The molecule has 38 heavy (non-hydrogen) atoms. The number of nitrogens with zero attached hydrogens (tertiary/aromatic N) is 4. The molecule has 3 unspecified atom stereocenters. The monoisotopic (exact) mass is 566 g/mol. The lowest BCUT2D eigenvalue weighted by Gasteiger charge is -2.47. The van der Waals surface area contributed by atoms with Gasteiger partial charge in [0.05, 0.1) is 29.2 Å². The molecular formula is C27H40Cl2N6O3. The summed E-state index contributed by atoms with van der Waals surface area (Å²) in [4.78, 5) is 46.5. The average molecular weight is 568 g/mol. The largest absolute Gasteiger partial charge is 0.353 e. The summed E-state index contributed by atoms with van der Waals surface area (Å²) < 4.78 is 0. The van der Waals surface area contributed by atoms with Gasteiger partial charge in [0.25, 0.3) is 0 Å². The highest BCUT2D eigenvalue weighted by Crippen LogP contribution is 2.32. The second kappa shape index (κ2) is 13.0. The number of halogens is 2. The van der Waals surface area contributed by atoms with Crippen LogP contribution in [0.5, 0.6) is 0 Å². The molecule has 2 heterocycles. The zero-order valence-corrected chi connectivity index (χ0v) is 24.1. The molecule has 3 fully saturated rings. The number of carbonyl (C=O) groups excluding carboxylic acids is 3. The van der Waals surface area contributed by atoms with Gasteiger partial charge in [-0.15, -0.1) is 0 Å². The van der Waals surface area contributed by atoms with E-state index in [4.69, 9.17) is 23.2 Å². The van der Waals surface area contributed by atoms with Crippen LogP contribution in [0.3, 0.4) is 0 Å². The minimum Gasteiger partial charge on any atom is -0.353 e. The van der Waals surface area contributed by atoms with Crippen molar-refractivity contribution in [2.24, 2.45) is 5.92 Å². The van der Waals surface area contributed by atoms with E-state index in [1.54, 1.807) is 29.0 Å². The number of piperazine rings is 1. The van der Waals surface area contributed by atoms with E-state index >= 15 is 0 Å². The van der Waals surface area contributed by atoms with Crippen molar-refractivity contribution in [3.05, 3.63) is 33.8 Å². The molecule has 3 atom stereocenters. The van der Waals surface area contributed by atoms with Gasteiger partial charge in [-0.2, -0.15) is 0 Å². The summed E-state index contributed by atoms with van der Waals surface area (Å²) in [6.45, 7) is 8.74. The predicted octanol–water partition coefficient (Wildman–Crippen LogP) is 2.02. The van der Waals surface area contributed by atoms with Crippen molar-refractivity contribution in [2.75, 3.05) is 53.0 Å². The number of amides is 3. The molecule has 1 aliphatic carbocycles. The molecule has 0 radical (unpaired) electrons. The lowest BCUT2D eigenvalue weighted by molar-refractivity contribution is -0.148. The summed E-state index contributed by atoms with van der Waals surface area (Å²) in [7, 11) is 1.73. The number of hydrogen-bond donors (Lipinski definition) is 2. The van der Waals surface area contributed by atoms with Crippen LogP contribution in [-0.2, 0) is 20.9 Å². The highest BCUT2D eigenvalue weighted by Gasteiger charge is 2.42. The molecule has 2 saturated heterocycles. The minimum absolute atomic E-state index is 0.0503. The van der Waals surface area contributed by atoms with Crippen LogP contribution in [0.1, 0.15) is 38.7 Å². The van der Waals surface area contributed by atoms with E-state index in [0.29, 0.717) is 35.8 Å². The summed E-state index contributed by atoms with van der Waals surface area (Å²) in [6.07, 6.45) is 2.81. The summed E-state index contributed by atoms with van der Waals surface area (Å²) >= 11 is 12.1. The van der Waals surface area contributed by atoms with Gasteiger partial charge in [0.1, 0.15) is 6.54 Å². The van der Waals surface area contributed by atoms with Crippen LogP contribution in [-0.4, -0.2) is 108 Å². The van der Waals surface area contributed by atoms with Gasteiger partial charge >= 0.3 is 0 Å². The van der Waals surface area contributed by atoms with Crippen molar-refractivity contribution in [3.63, 3.8) is 0 Å². The second-order valence-electron chi connectivity index (χ2n) is 11.1. The van der Waals surface area contributed by atoms with Crippen molar-refractivity contribution in [1.29, 1.82) is 0 Å². The second-order valence-corrected chi connectivity index (χ2v) is 11.9. The van der Waals surface area contributed by atoms with Gasteiger partial charge in [0, 0.05) is 57.9 Å². The van der Waals surface area contributed by atoms with Crippen LogP contribution in [0.2, 0.25) is 10.0 Å². The zero-order valence-electron chi connectivity index (χ0n) is 22.6. The zero-order chi connectivity index (χ0) is 27.4. The average Bonchev–Trinajstić information content (AvgIpc) is 2.87. The van der Waals surface area contributed by atoms with Crippen LogP contribution in [0.4, 0.5) is 0 Å². The van der Waals surface area contributed by atoms with Gasteiger partial charge in [0.2, 0.25) is 17.7 Å². The molecule has 210 valence electrons. The smallest absolute Gasteiger partial charge is 0.242 e. The van der Waals surface area contributed by atoms with Crippen molar-refractivity contribution >= 4 is 40.9 Å². The van der Waals surface area contributed by atoms with Crippen LogP contribution < -0.4 is 10.6 Å². The fourth-order valence-corrected chi connectivity index (χ4v) is 6.13. The van der Waals surface area contributed by atoms with Gasteiger partial charge in [0.15, 0.2) is 0 Å². The van der Waals surface area contributed by atoms with E-state index < -0.39 is 0 Å². The van der Waals surface area contributed by atoms with Crippen LogP contribution >= 0.6 is 23.2 Å². The Hall–Kier alpha value is -1.91. The normalized spacial score (nSPS) is 24.8. The number of fused-ring (bicyclic) bond motifs is 1. The van der Waals surface area contributed by atoms with Crippen molar-refractivity contribution < 1.29 is 14.4 Å². The first-order chi connectivity index (χ1) is 18.1. The Morgan fingerprint density at radius 3 is 2.53 bits per heavy atom. The molecule has 2 N–H and O–H groups in total. The van der Waals surface area contributed by atoms with Gasteiger partial charge in [-0.1, -0.05) is 29.3 Å². The maximum atomic E-state index is 13.5. The number of rotatable bonds is 8. The van der Waals surface area contributed by atoms with Gasteiger partial charge in [-0.3, -0.25) is 29.5 Å². The summed E-state index contributed by atoms with van der Waals surface area (Å²) in [6, 6.07) is 5.99. The Bertz CT molecular complexity index is 1020. The fraction of sp³-hybridized carbons (Fsp3) is 0.667. The van der Waals surface area contributed by atoms with Crippen molar-refractivity contribution in [3.8, 4) is 0 Å². The Kier molecular flexibility index (Phi) is 9.92. The molecule has 0 aromatic heterocycles. The Morgan fingerprint density at radius 1 is 1.11 bits per heavy atom. The van der Waals surface area contributed by atoms with Crippen LogP contribution in [0.15, 0.2) is 18.2 Å². The summed E-state index contributed by atoms with van der Waals surface area (Å²) in [5.74, 6) is -0.0935. The SMILES string of the molecule is CC(C)NC(=O)CN1CCN(C2CCC3NCN(CC(=O)N(C)Cc4ccc(Cl)c(Cl)c4)C(=O)C3C2)CC1. The Morgan fingerprint density at radius 2 is 1.84 bits per heavy atom. The highest BCUT2D eigenvalue weighted by molar-refractivity contribution is 6.42. The maximum absolute atomic E-state index is 13.5. The predicted molar refractivity (Wildman–Crippen MR) is 149 cm³/mol. The van der Waals surface area contributed by atoms with Gasteiger partial charge < -0.3 is 15.1 Å². The highest BCUT2D eigenvalue weighted by atomic mass is 35.5. The number of benzene rings is 1. The van der Waals surface area contributed by atoms with Crippen molar-refractivity contribution in [2.45, 2.75) is 57.8 Å². The number of nitrogens with one attached hydrogen (secondary N) is 2. The lowest BCUT2D eigenvalue weighted by Crippen LogP contribution is -2.62. The quantitative estimate of drug-likeness (QED) is 0.500. The van der Waals surface area contributed by atoms with E-state index in [2.05, 4.69) is 20.4 Å². The Balaban J connectivity index is 1.26. The minimum atomic E-state index is -0.120. The van der Waals surface area contributed by atoms with Crippen molar-refractivity contribution in [1.82, 2.24) is 30.2 Å². The molecule has 1 saturated carbocycles. The molecule has 0 spiro atoms. The standard InChI is InChI=1S/C27H40Cl2N6O3/c1-18(2)31-25(36)15-33-8-10-34(11-9-33)20-5-7-24-21(13-20)27(38)35(17-30-24)16-26(37)32(3)14-19-4-6-22(28)23(29)12-19/h4,6,12,18,20-21,24,30H,5,7-11,13-17H2,1-3H3,(H,31,36). The fourth-order valence-electron chi connectivity index (χ4n) is 5.81. The number of hydrogen-bond acceptors (Lipinski definition) is 6. The van der Waals surface area contributed by atoms with E-state index in [1.807, 2.05) is 19.9 Å². The maximum Gasteiger partial charge on any atom is 0.242 e. The molecule has 4 rings (SSSR count). The van der Waals surface area contributed by atoms with E-state index in [1.165, 1.54) is 0 Å². The molecule has 0 bridgehead atoms. The first-order valence-electron chi connectivity index (χ1n) is 13.6. The number of likely N-dealkylation sites (N-methyl/N-ethyl adjacent to an activating group) is 1. The molecule has 2 aliphatic heterocycles. The van der Waals surface area contributed by atoms with Gasteiger partial charge in [-0.05, 0) is 50.8 Å². The molecule has 1 aromatic carbocycles. The van der Waals surface area contributed by atoms with E-state index in [-0.39, 0.29) is 42.3 Å². The number of carbonyl (C=O) groups is 3. The summed E-state index contributed by atoms with van der Waals surface area (Å²) in [5.41, 5.74) is 0.884. The third kappa shape index (κ3) is 7.39.